The summed E-state index contributed by atoms with van der Waals surface area (Å²) < 4.78 is 18.2. The highest BCUT2D eigenvalue weighted by atomic mass is 32.2. The number of carbonyl (C=O) groups is 2. The lowest BCUT2D eigenvalue weighted by atomic mass is 10.2. The summed E-state index contributed by atoms with van der Waals surface area (Å²) in [6.07, 6.45) is 1.27. The van der Waals surface area contributed by atoms with E-state index in [4.69, 9.17) is 4.74 Å². The molecule has 11 heteroatoms. The molecule has 1 fully saturated rings. The number of phenolic OH excluding ortho intramolecular Hbond substituents is 2. The highest BCUT2D eigenvalue weighted by Crippen LogP contribution is 2.35. The van der Waals surface area contributed by atoms with E-state index in [1.54, 1.807) is 24.3 Å². The minimum Gasteiger partial charge on any atom is -0.508 e. The standard InChI is InChI=1S/C25H21FN4O5S/c1-35-21-11-15(5-10-20(21)32)14-27-29-25-30(18-3-2-4-19(31)12-18)24(34)22(36-25)13-23(33)28-17-8-6-16(26)7-9-17/h2-12,14,22,31-32H,13H2,1H3,(H,28,33)/b27-14+,29-25+. The Kier molecular flexibility index (Phi) is 7.50. The van der Waals surface area contributed by atoms with Crippen LogP contribution in [0.5, 0.6) is 17.2 Å². The zero-order chi connectivity index (χ0) is 25.7. The molecule has 4 rings (SSSR count). The molecule has 1 aliphatic heterocycles. The molecule has 0 radical (unpaired) electrons. The van der Waals surface area contributed by atoms with Crippen LogP contribution in [0.15, 0.2) is 76.9 Å². The summed E-state index contributed by atoms with van der Waals surface area (Å²) in [6, 6.07) is 16.0. The van der Waals surface area contributed by atoms with Crippen LogP contribution in [0.25, 0.3) is 0 Å². The molecule has 36 heavy (non-hydrogen) atoms. The topological polar surface area (TPSA) is 124 Å². The number of thioether (sulfide) groups is 1. The number of methoxy groups -OCH3 is 1. The van der Waals surface area contributed by atoms with Gasteiger partial charge in [0, 0.05) is 18.2 Å². The van der Waals surface area contributed by atoms with Crippen LogP contribution in [0.1, 0.15) is 12.0 Å². The molecule has 3 aromatic rings. The number of rotatable bonds is 7. The van der Waals surface area contributed by atoms with Crippen molar-refractivity contribution in [1.82, 2.24) is 0 Å². The minimum atomic E-state index is -0.796. The van der Waals surface area contributed by atoms with E-state index in [1.807, 2.05) is 0 Å². The summed E-state index contributed by atoms with van der Waals surface area (Å²) in [6.45, 7) is 0. The van der Waals surface area contributed by atoms with E-state index < -0.39 is 22.9 Å². The number of aromatic hydroxyl groups is 2. The van der Waals surface area contributed by atoms with Gasteiger partial charge in [0.15, 0.2) is 16.7 Å². The van der Waals surface area contributed by atoms with E-state index in [1.165, 1.54) is 60.7 Å². The molecular formula is C25H21FN4O5S. The zero-order valence-electron chi connectivity index (χ0n) is 19.0. The fourth-order valence-corrected chi connectivity index (χ4v) is 4.46. The van der Waals surface area contributed by atoms with Gasteiger partial charge in [-0.3, -0.25) is 14.5 Å². The first kappa shape index (κ1) is 24.7. The largest absolute Gasteiger partial charge is 0.508 e. The second-order valence-electron chi connectivity index (χ2n) is 7.62. The molecule has 0 bridgehead atoms. The predicted octanol–water partition coefficient (Wildman–Crippen LogP) is 4.11. The highest BCUT2D eigenvalue weighted by Gasteiger charge is 2.40. The van der Waals surface area contributed by atoms with Crippen LogP contribution in [0.3, 0.4) is 0 Å². The molecule has 9 nitrogen and oxygen atoms in total. The fraction of sp³-hybridized carbons (Fsp3) is 0.120. The van der Waals surface area contributed by atoms with Crippen LogP contribution in [0, 0.1) is 5.82 Å². The smallest absolute Gasteiger partial charge is 0.247 e. The van der Waals surface area contributed by atoms with Crippen molar-refractivity contribution in [1.29, 1.82) is 0 Å². The number of phenols is 2. The summed E-state index contributed by atoms with van der Waals surface area (Å²) in [5.41, 5.74) is 1.38. The third-order valence-corrected chi connectivity index (χ3v) is 6.20. The number of ether oxygens (including phenoxy) is 1. The van der Waals surface area contributed by atoms with E-state index in [9.17, 15) is 24.2 Å². The molecule has 0 saturated carbocycles. The SMILES string of the molecule is COc1cc(/C=N/N=C2/SC(CC(=O)Nc3ccc(F)cc3)C(=O)N2c2cccc(O)c2)ccc1O. The number of anilines is 2. The third kappa shape index (κ3) is 5.81. The molecule has 1 saturated heterocycles. The Morgan fingerprint density at radius 2 is 1.94 bits per heavy atom. The van der Waals surface area contributed by atoms with Gasteiger partial charge in [-0.05, 0) is 60.2 Å². The van der Waals surface area contributed by atoms with Crippen LogP contribution < -0.4 is 15.0 Å². The fourth-order valence-electron chi connectivity index (χ4n) is 3.37. The van der Waals surface area contributed by atoms with Gasteiger partial charge < -0.3 is 20.3 Å². The van der Waals surface area contributed by atoms with Crippen molar-refractivity contribution in [2.24, 2.45) is 10.2 Å². The summed E-state index contributed by atoms with van der Waals surface area (Å²) >= 11 is 1.06. The maximum Gasteiger partial charge on any atom is 0.247 e. The van der Waals surface area contributed by atoms with Gasteiger partial charge in [0.1, 0.15) is 16.8 Å². The van der Waals surface area contributed by atoms with Gasteiger partial charge in [-0.25, -0.2) is 4.39 Å². The van der Waals surface area contributed by atoms with Gasteiger partial charge >= 0.3 is 0 Å². The number of halogens is 1. The van der Waals surface area contributed by atoms with Gasteiger partial charge in [-0.15, -0.1) is 5.10 Å². The van der Waals surface area contributed by atoms with Crippen LogP contribution >= 0.6 is 11.8 Å². The number of amides is 2. The van der Waals surface area contributed by atoms with Gasteiger partial charge in [-0.1, -0.05) is 17.8 Å². The van der Waals surface area contributed by atoms with Gasteiger partial charge in [0.2, 0.25) is 11.8 Å². The molecule has 1 atom stereocenters. The number of amidine groups is 1. The Morgan fingerprint density at radius 1 is 1.17 bits per heavy atom. The van der Waals surface area contributed by atoms with Crippen molar-refractivity contribution in [3.8, 4) is 17.2 Å². The zero-order valence-corrected chi connectivity index (χ0v) is 19.8. The lowest BCUT2D eigenvalue weighted by Crippen LogP contribution is -2.33. The van der Waals surface area contributed by atoms with Crippen LogP contribution in [0.2, 0.25) is 0 Å². The van der Waals surface area contributed by atoms with Crippen LogP contribution in [-0.4, -0.2) is 45.8 Å². The first-order chi connectivity index (χ1) is 17.3. The molecular weight excluding hydrogens is 487 g/mol. The molecule has 2 amide bonds. The Balaban J connectivity index is 1.56. The summed E-state index contributed by atoms with van der Waals surface area (Å²) in [4.78, 5) is 27.1. The van der Waals surface area contributed by atoms with Crippen molar-refractivity contribution in [2.45, 2.75) is 11.7 Å². The lowest BCUT2D eigenvalue weighted by molar-refractivity contribution is -0.121. The first-order valence-electron chi connectivity index (χ1n) is 10.7. The van der Waals surface area contributed by atoms with Gasteiger partial charge in [0.25, 0.3) is 0 Å². The van der Waals surface area contributed by atoms with Crippen molar-refractivity contribution in [2.75, 3.05) is 17.3 Å². The molecule has 0 aliphatic carbocycles. The Labute approximate surface area is 209 Å². The number of nitrogens with zero attached hydrogens (tertiary/aromatic N) is 3. The molecule has 3 N–H and O–H groups in total. The van der Waals surface area contributed by atoms with Crippen LogP contribution in [-0.2, 0) is 9.59 Å². The maximum atomic E-state index is 13.2. The molecule has 1 unspecified atom stereocenters. The molecule has 1 aliphatic rings. The second-order valence-corrected chi connectivity index (χ2v) is 8.79. The van der Waals surface area contributed by atoms with E-state index >= 15 is 0 Å². The number of benzene rings is 3. The van der Waals surface area contributed by atoms with Crippen molar-refractivity contribution < 1.29 is 28.9 Å². The highest BCUT2D eigenvalue weighted by molar-refractivity contribution is 8.16. The lowest BCUT2D eigenvalue weighted by Gasteiger charge is -2.16. The summed E-state index contributed by atoms with van der Waals surface area (Å²) in [5, 5.41) is 29.9. The van der Waals surface area contributed by atoms with E-state index in [2.05, 4.69) is 15.5 Å². The van der Waals surface area contributed by atoms with Crippen LogP contribution in [0.4, 0.5) is 15.8 Å². The normalized spacial score (nSPS) is 16.6. The van der Waals surface area contributed by atoms with Gasteiger partial charge in [-0.2, -0.15) is 5.10 Å². The first-order valence-corrected chi connectivity index (χ1v) is 11.5. The summed E-state index contributed by atoms with van der Waals surface area (Å²) in [7, 11) is 1.43. The minimum absolute atomic E-state index is 0.0188. The Hall–Kier alpha value is -4.38. The molecule has 3 aromatic carbocycles. The van der Waals surface area contributed by atoms with E-state index in [0.29, 0.717) is 16.9 Å². The van der Waals surface area contributed by atoms with E-state index in [0.717, 1.165) is 11.8 Å². The van der Waals surface area contributed by atoms with Crippen molar-refractivity contribution in [3.05, 3.63) is 78.1 Å². The van der Waals surface area contributed by atoms with Crippen molar-refractivity contribution >= 4 is 46.3 Å². The third-order valence-electron chi connectivity index (χ3n) is 5.08. The quantitative estimate of drug-likeness (QED) is 0.326. The molecule has 184 valence electrons. The average Bonchev–Trinajstić information content (AvgIpc) is 3.16. The Morgan fingerprint density at radius 3 is 2.67 bits per heavy atom. The number of carbonyl (C=O) groups excluding carboxylic acids is 2. The predicted molar refractivity (Wildman–Crippen MR) is 136 cm³/mol. The van der Waals surface area contributed by atoms with Gasteiger partial charge in [0.05, 0.1) is 19.0 Å². The second kappa shape index (κ2) is 10.9. The monoisotopic (exact) mass is 508 g/mol. The number of hydrogen-bond acceptors (Lipinski definition) is 8. The summed E-state index contributed by atoms with van der Waals surface area (Å²) in [5.74, 6) is -1.05. The maximum absolute atomic E-state index is 13.2. The molecule has 0 aromatic heterocycles. The molecule has 0 spiro atoms. The number of nitrogens with one attached hydrogen (secondary N) is 1. The number of hydrogen-bond donors (Lipinski definition) is 3. The Bertz CT molecular complexity index is 1350. The average molecular weight is 509 g/mol. The molecule has 1 heterocycles. The van der Waals surface area contributed by atoms with E-state index in [-0.39, 0.29) is 28.8 Å². The van der Waals surface area contributed by atoms with Crippen molar-refractivity contribution in [3.63, 3.8) is 0 Å².